The smallest absolute Gasteiger partial charge is 0.478 e. The Hall–Kier alpha value is -2.10. The second-order valence-electron chi connectivity index (χ2n) is 7.54. The number of rotatable bonds is 6. The van der Waals surface area contributed by atoms with Crippen molar-refractivity contribution in [1.82, 2.24) is 0 Å². The maximum atomic E-state index is 11.5. The quantitative estimate of drug-likeness (QED) is 0.692. The molecule has 0 saturated carbocycles. The molecule has 9 heteroatoms. The molecule has 0 atom stereocenters. The van der Waals surface area contributed by atoms with Crippen LogP contribution in [0.5, 0.6) is 0 Å². The van der Waals surface area contributed by atoms with Crippen molar-refractivity contribution in [2.75, 3.05) is 5.75 Å². The molecular formula is C19H23BO7S. The number of hydrogen-bond donors (Lipinski definition) is 2. The zero-order chi connectivity index (χ0) is 21.3. The third-order valence-corrected chi connectivity index (χ3v) is 5.68. The zero-order valence-corrected chi connectivity index (χ0v) is 17.3. The maximum Gasteiger partial charge on any atom is 0.491 e. The van der Waals surface area contributed by atoms with Crippen molar-refractivity contribution in [1.29, 1.82) is 0 Å². The normalized spacial score (nSPS) is 18.2. The van der Waals surface area contributed by atoms with E-state index in [1.54, 1.807) is 6.08 Å². The van der Waals surface area contributed by atoms with Crippen LogP contribution >= 0.6 is 11.8 Å². The molecular weight excluding hydrogens is 383 g/mol. The van der Waals surface area contributed by atoms with Gasteiger partial charge < -0.3 is 19.5 Å². The minimum atomic E-state index is -1.23. The largest absolute Gasteiger partial charge is 0.491 e. The molecule has 1 heterocycles. The summed E-state index contributed by atoms with van der Waals surface area (Å²) in [6.45, 7) is 9.04. The van der Waals surface area contributed by atoms with Crippen molar-refractivity contribution in [3.05, 3.63) is 40.4 Å². The minimum absolute atomic E-state index is 0.0899. The van der Waals surface area contributed by atoms with Gasteiger partial charge in [0, 0.05) is 12.7 Å². The summed E-state index contributed by atoms with van der Waals surface area (Å²) in [6.07, 6.45) is 1.62. The molecule has 2 N–H and O–H groups in total. The molecule has 28 heavy (non-hydrogen) atoms. The number of carboxylic acids is 2. The van der Waals surface area contributed by atoms with Gasteiger partial charge in [-0.2, -0.15) is 0 Å². The van der Waals surface area contributed by atoms with Gasteiger partial charge in [-0.3, -0.25) is 4.79 Å². The molecule has 0 amide bonds. The standard InChI is InChI=1S/C19H23BO7S/c1-11(21)28-10-15(20-26-18(2,3)19(4,5)27-20)8-12-6-13(16(22)23)9-14(7-12)17(24)25/h6-9H,10H2,1-5H3,(H,22,23)(H,24,25). The Bertz CT molecular complexity index is 796. The Kier molecular flexibility index (Phi) is 6.42. The van der Waals surface area contributed by atoms with Gasteiger partial charge >= 0.3 is 19.1 Å². The molecule has 1 saturated heterocycles. The first-order valence-electron chi connectivity index (χ1n) is 8.63. The summed E-state index contributed by atoms with van der Waals surface area (Å²) in [7, 11) is -0.737. The lowest BCUT2D eigenvalue weighted by molar-refractivity contribution is -0.109. The first-order valence-corrected chi connectivity index (χ1v) is 9.62. The minimum Gasteiger partial charge on any atom is -0.478 e. The first-order chi connectivity index (χ1) is 12.8. The molecule has 0 radical (unpaired) electrons. The molecule has 2 rings (SSSR count). The van der Waals surface area contributed by atoms with Crippen LogP contribution in [0.2, 0.25) is 0 Å². The van der Waals surface area contributed by atoms with Crippen molar-refractivity contribution in [2.45, 2.75) is 45.8 Å². The van der Waals surface area contributed by atoms with E-state index in [0.29, 0.717) is 11.0 Å². The third-order valence-electron chi connectivity index (χ3n) is 4.80. The number of carbonyl (C=O) groups excluding carboxylic acids is 1. The Morgan fingerprint density at radius 2 is 1.46 bits per heavy atom. The predicted molar refractivity (Wildman–Crippen MR) is 108 cm³/mol. The average Bonchev–Trinajstić information content (AvgIpc) is 2.78. The van der Waals surface area contributed by atoms with E-state index in [2.05, 4.69) is 0 Å². The van der Waals surface area contributed by atoms with Crippen LogP contribution in [-0.4, -0.2) is 51.3 Å². The van der Waals surface area contributed by atoms with E-state index in [1.807, 2.05) is 27.7 Å². The van der Waals surface area contributed by atoms with Crippen molar-refractivity contribution in [3.8, 4) is 0 Å². The lowest BCUT2D eigenvalue weighted by Gasteiger charge is -2.32. The van der Waals surface area contributed by atoms with E-state index in [1.165, 1.54) is 19.1 Å². The molecule has 7 nitrogen and oxygen atoms in total. The van der Waals surface area contributed by atoms with Crippen LogP contribution in [0.25, 0.3) is 6.08 Å². The molecule has 0 aliphatic carbocycles. The Morgan fingerprint density at radius 1 is 1.00 bits per heavy atom. The first kappa shape index (κ1) is 22.2. The van der Waals surface area contributed by atoms with Gasteiger partial charge in [0.05, 0.1) is 22.3 Å². The molecule has 0 bridgehead atoms. The molecule has 1 aliphatic rings. The Morgan fingerprint density at radius 3 is 1.86 bits per heavy atom. The second-order valence-corrected chi connectivity index (χ2v) is 8.69. The van der Waals surface area contributed by atoms with Crippen LogP contribution in [-0.2, 0) is 14.1 Å². The summed E-state index contributed by atoms with van der Waals surface area (Å²) >= 11 is 1.07. The van der Waals surface area contributed by atoms with Gasteiger partial charge in [-0.05, 0) is 56.9 Å². The van der Waals surface area contributed by atoms with Crippen LogP contribution in [0, 0.1) is 0 Å². The Balaban J connectivity index is 2.49. The van der Waals surface area contributed by atoms with Gasteiger partial charge in [0.15, 0.2) is 5.12 Å². The summed E-state index contributed by atoms with van der Waals surface area (Å²) < 4.78 is 12.1. The second kappa shape index (κ2) is 8.10. The lowest BCUT2D eigenvalue weighted by Crippen LogP contribution is -2.41. The monoisotopic (exact) mass is 406 g/mol. The highest BCUT2D eigenvalue weighted by molar-refractivity contribution is 8.13. The van der Waals surface area contributed by atoms with Crippen molar-refractivity contribution in [2.24, 2.45) is 0 Å². The molecule has 150 valence electrons. The van der Waals surface area contributed by atoms with Crippen LogP contribution in [0.15, 0.2) is 23.7 Å². The van der Waals surface area contributed by atoms with E-state index in [-0.39, 0.29) is 22.0 Å². The summed E-state index contributed by atoms with van der Waals surface area (Å²) in [6, 6.07) is 3.84. The number of thioether (sulfide) groups is 1. The molecule has 1 aromatic carbocycles. The summed E-state index contributed by atoms with van der Waals surface area (Å²) in [5.41, 5.74) is -0.472. The van der Waals surface area contributed by atoms with Crippen molar-refractivity contribution >= 4 is 42.0 Å². The maximum absolute atomic E-state index is 11.5. The SMILES string of the molecule is CC(=O)SCC(=Cc1cc(C(=O)O)cc(C(=O)O)c1)B1OC(C)(C)C(C)(C)O1. The topological polar surface area (TPSA) is 110 Å². The highest BCUT2D eigenvalue weighted by atomic mass is 32.2. The Labute approximate surface area is 168 Å². The third kappa shape index (κ3) is 5.04. The van der Waals surface area contributed by atoms with E-state index < -0.39 is 30.3 Å². The summed E-state index contributed by atoms with van der Waals surface area (Å²) in [5.74, 6) is -2.19. The lowest BCUT2D eigenvalue weighted by atomic mass is 9.78. The van der Waals surface area contributed by atoms with E-state index in [0.717, 1.165) is 17.8 Å². The van der Waals surface area contributed by atoms with E-state index in [4.69, 9.17) is 9.31 Å². The number of hydrogen-bond acceptors (Lipinski definition) is 6. The van der Waals surface area contributed by atoms with Crippen LogP contribution < -0.4 is 0 Å². The van der Waals surface area contributed by atoms with Gasteiger partial charge in [0.1, 0.15) is 0 Å². The number of benzene rings is 1. The van der Waals surface area contributed by atoms with Gasteiger partial charge in [-0.1, -0.05) is 17.8 Å². The fourth-order valence-electron chi connectivity index (χ4n) is 2.55. The van der Waals surface area contributed by atoms with Gasteiger partial charge in [-0.15, -0.1) is 0 Å². The summed E-state index contributed by atoms with van der Waals surface area (Å²) in [4.78, 5) is 34.1. The van der Waals surface area contributed by atoms with Gasteiger partial charge in [0.25, 0.3) is 0 Å². The molecule has 0 spiro atoms. The molecule has 1 fully saturated rings. The predicted octanol–water partition coefficient (Wildman–Crippen LogP) is 3.38. The fourth-order valence-corrected chi connectivity index (χ4v) is 3.14. The van der Waals surface area contributed by atoms with Crippen LogP contribution in [0.3, 0.4) is 0 Å². The van der Waals surface area contributed by atoms with Crippen molar-refractivity contribution < 1.29 is 33.9 Å². The fraction of sp³-hybridized carbons (Fsp3) is 0.421. The number of aromatic carboxylic acids is 2. The van der Waals surface area contributed by atoms with E-state index >= 15 is 0 Å². The molecule has 0 unspecified atom stereocenters. The zero-order valence-electron chi connectivity index (χ0n) is 16.4. The van der Waals surface area contributed by atoms with Gasteiger partial charge in [0.2, 0.25) is 0 Å². The summed E-state index contributed by atoms with van der Waals surface area (Å²) in [5, 5.41) is 18.4. The highest BCUT2D eigenvalue weighted by Gasteiger charge is 2.52. The molecule has 0 aromatic heterocycles. The average molecular weight is 406 g/mol. The van der Waals surface area contributed by atoms with E-state index in [9.17, 15) is 24.6 Å². The number of carboxylic acid groups (broad SMARTS) is 2. The highest BCUT2D eigenvalue weighted by Crippen LogP contribution is 2.39. The van der Waals surface area contributed by atoms with Gasteiger partial charge in [-0.25, -0.2) is 9.59 Å². The molecule has 1 aromatic rings. The van der Waals surface area contributed by atoms with Crippen molar-refractivity contribution in [3.63, 3.8) is 0 Å². The van der Waals surface area contributed by atoms with Crippen LogP contribution in [0.4, 0.5) is 0 Å². The molecule has 1 aliphatic heterocycles. The van der Waals surface area contributed by atoms with Crippen LogP contribution in [0.1, 0.15) is 60.9 Å². The number of carbonyl (C=O) groups is 3.